The molecule has 5 nitrogen and oxygen atoms in total. The van der Waals surface area contributed by atoms with E-state index in [0.29, 0.717) is 9.52 Å². The van der Waals surface area contributed by atoms with Gasteiger partial charge in [-0.05, 0) is 23.8 Å². The summed E-state index contributed by atoms with van der Waals surface area (Å²) in [4.78, 5) is 14.5. The van der Waals surface area contributed by atoms with Gasteiger partial charge in [-0.3, -0.25) is 10.7 Å². The van der Waals surface area contributed by atoms with Crippen molar-refractivity contribution in [1.29, 1.82) is 5.41 Å². The second-order valence-corrected chi connectivity index (χ2v) is 5.58. The molecule has 7 heteroatoms. The van der Waals surface area contributed by atoms with Gasteiger partial charge in [0.1, 0.15) is 12.4 Å². The van der Waals surface area contributed by atoms with E-state index in [-0.39, 0.29) is 12.4 Å². The van der Waals surface area contributed by atoms with E-state index in [9.17, 15) is 4.79 Å². The van der Waals surface area contributed by atoms with Crippen LogP contribution < -0.4 is 5.32 Å². The van der Waals surface area contributed by atoms with E-state index in [1.807, 2.05) is 17.5 Å². The van der Waals surface area contributed by atoms with Crippen molar-refractivity contribution in [2.75, 3.05) is 6.61 Å². The summed E-state index contributed by atoms with van der Waals surface area (Å²) < 4.78 is 5.47. The van der Waals surface area contributed by atoms with Crippen LogP contribution in [-0.4, -0.2) is 23.5 Å². The molecule has 108 valence electrons. The van der Waals surface area contributed by atoms with Crippen molar-refractivity contribution in [3.8, 4) is 11.3 Å². The molecule has 1 aromatic carbocycles. The maximum Gasteiger partial charge on any atom is 0.413 e. The Kier molecular flexibility index (Phi) is 5.02. The number of aromatic nitrogens is 1. The van der Waals surface area contributed by atoms with Gasteiger partial charge in [0, 0.05) is 10.9 Å². The lowest BCUT2D eigenvalue weighted by Gasteiger charge is -2.08. The predicted molar refractivity (Wildman–Crippen MR) is 86.4 cm³/mol. The number of amidine groups is 1. The van der Waals surface area contributed by atoms with Gasteiger partial charge in [-0.15, -0.1) is 11.3 Å². The molecular formula is C14H13N3O2S2. The van der Waals surface area contributed by atoms with Crippen LogP contribution in [0.2, 0.25) is 0 Å². The number of nitrogens with one attached hydrogen (secondary N) is 3. The molecule has 0 radical (unpaired) electrons. The maximum atomic E-state index is 11.4. The number of aromatic amines is 1. The molecule has 1 amide bonds. The Hall–Kier alpha value is -2.25. The molecular weight excluding hydrogens is 306 g/mol. The summed E-state index contributed by atoms with van der Waals surface area (Å²) in [5, 5.41) is 12.2. The minimum absolute atomic E-state index is 0.0280. The summed E-state index contributed by atoms with van der Waals surface area (Å²) in [6, 6.07) is 7.24. The van der Waals surface area contributed by atoms with Crippen LogP contribution >= 0.6 is 23.6 Å². The molecule has 0 spiro atoms. The molecule has 1 heterocycles. The summed E-state index contributed by atoms with van der Waals surface area (Å²) in [5.74, 6) is -0.0280. The van der Waals surface area contributed by atoms with Crippen LogP contribution in [0.3, 0.4) is 0 Å². The van der Waals surface area contributed by atoms with Crippen molar-refractivity contribution in [2.24, 2.45) is 0 Å². The van der Waals surface area contributed by atoms with Crippen molar-refractivity contribution in [3.63, 3.8) is 0 Å². The third-order valence-electron chi connectivity index (χ3n) is 2.54. The molecule has 0 aliphatic rings. The first-order valence-electron chi connectivity index (χ1n) is 6.02. The average molecular weight is 319 g/mol. The maximum absolute atomic E-state index is 11.4. The highest BCUT2D eigenvalue weighted by Crippen LogP contribution is 2.21. The van der Waals surface area contributed by atoms with E-state index >= 15 is 0 Å². The molecule has 0 aliphatic heterocycles. The Morgan fingerprint density at radius 2 is 2.38 bits per heavy atom. The van der Waals surface area contributed by atoms with Crippen molar-refractivity contribution >= 4 is 35.5 Å². The fourth-order valence-electron chi connectivity index (χ4n) is 1.61. The zero-order chi connectivity index (χ0) is 15.2. The molecule has 0 saturated heterocycles. The summed E-state index contributed by atoms with van der Waals surface area (Å²) in [5.41, 5.74) is 2.35. The van der Waals surface area contributed by atoms with Crippen molar-refractivity contribution in [1.82, 2.24) is 10.3 Å². The van der Waals surface area contributed by atoms with E-state index in [1.165, 1.54) is 17.4 Å². The van der Waals surface area contributed by atoms with E-state index in [2.05, 4.69) is 16.9 Å². The Bertz CT molecular complexity index is 734. The molecule has 3 N–H and O–H groups in total. The molecule has 0 saturated carbocycles. The first-order chi connectivity index (χ1) is 10.1. The van der Waals surface area contributed by atoms with Gasteiger partial charge in [-0.25, -0.2) is 4.79 Å². The SMILES string of the molecule is C=CCOC(=O)NC(=N)c1cccc(-c2csc(=S)[nH]2)c1. The number of amides is 1. The third kappa shape index (κ3) is 4.11. The molecule has 0 bridgehead atoms. The molecule has 1 aromatic heterocycles. The lowest BCUT2D eigenvalue weighted by atomic mass is 10.1. The average Bonchev–Trinajstić information content (AvgIpc) is 2.92. The number of rotatable bonds is 4. The number of alkyl carbamates (subject to hydrolysis) is 1. The molecule has 2 rings (SSSR count). The summed E-state index contributed by atoms with van der Waals surface area (Å²) in [6.45, 7) is 3.55. The van der Waals surface area contributed by atoms with Gasteiger partial charge in [-0.2, -0.15) is 0 Å². The highest BCUT2D eigenvalue weighted by Gasteiger charge is 2.09. The van der Waals surface area contributed by atoms with Crippen molar-refractivity contribution in [3.05, 3.63) is 51.8 Å². The summed E-state index contributed by atoms with van der Waals surface area (Å²) in [7, 11) is 0. The van der Waals surface area contributed by atoms with Crippen molar-refractivity contribution < 1.29 is 9.53 Å². The summed E-state index contributed by atoms with van der Waals surface area (Å²) in [6.07, 6.45) is 0.781. The van der Waals surface area contributed by atoms with Crippen LogP contribution in [0.4, 0.5) is 4.79 Å². The molecule has 0 aliphatic carbocycles. The van der Waals surface area contributed by atoms with Gasteiger partial charge in [0.15, 0.2) is 3.95 Å². The van der Waals surface area contributed by atoms with E-state index < -0.39 is 6.09 Å². The lowest BCUT2D eigenvalue weighted by Crippen LogP contribution is -2.31. The van der Waals surface area contributed by atoms with Gasteiger partial charge in [0.2, 0.25) is 0 Å². The minimum Gasteiger partial charge on any atom is -0.445 e. The second-order valence-electron chi connectivity index (χ2n) is 4.03. The fourth-order valence-corrected chi connectivity index (χ4v) is 2.45. The van der Waals surface area contributed by atoms with Gasteiger partial charge in [-0.1, -0.05) is 30.9 Å². The highest BCUT2D eigenvalue weighted by atomic mass is 32.1. The number of benzene rings is 1. The van der Waals surface area contributed by atoms with Crippen LogP contribution in [0.1, 0.15) is 5.56 Å². The van der Waals surface area contributed by atoms with Crippen LogP contribution in [0.5, 0.6) is 0 Å². The van der Waals surface area contributed by atoms with Crippen LogP contribution in [0.15, 0.2) is 42.3 Å². The topological polar surface area (TPSA) is 78.0 Å². The van der Waals surface area contributed by atoms with Gasteiger partial charge < -0.3 is 9.72 Å². The van der Waals surface area contributed by atoms with Crippen molar-refractivity contribution in [2.45, 2.75) is 0 Å². The van der Waals surface area contributed by atoms with E-state index in [4.69, 9.17) is 22.4 Å². The molecule has 2 aromatic rings. The van der Waals surface area contributed by atoms with E-state index in [1.54, 1.807) is 12.1 Å². The quantitative estimate of drug-likeness (QED) is 0.348. The number of H-pyrrole nitrogens is 1. The third-order valence-corrected chi connectivity index (χ3v) is 3.60. The minimum atomic E-state index is -0.680. The smallest absolute Gasteiger partial charge is 0.413 e. The normalized spacial score (nSPS) is 9.90. The second kappa shape index (κ2) is 6.96. The number of hydrogen-bond acceptors (Lipinski definition) is 5. The fraction of sp³-hybridized carbons (Fsp3) is 0.0714. The predicted octanol–water partition coefficient (Wildman–Crippen LogP) is 3.71. The molecule has 0 fully saturated rings. The zero-order valence-corrected chi connectivity index (χ0v) is 12.6. The number of hydrogen-bond donors (Lipinski definition) is 3. The Balaban J connectivity index is 2.13. The largest absolute Gasteiger partial charge is 0.445 e. The standard InChI is InChI=1S/C14H13N3O2S2/c1-2-6-19-13(18)17-12(15)10-5-3-4-9(7-10)11-8-21-14(20)16-11/h2-5,7-8H,1,6H2,(H,16,20)(H2,15,17,18). The Morgan fingerprint density at radius 3 is 3.05 bits per heavy atom. The monoisotopic (exact) mass is 319 g/mol. The first-order valence-corrected chi connectivity index (χ1v) is 7.31. The number of carbonyl (C=O) groups excluding carboxylic acids is 1. The Morgan fingerprint density at radius 1 is 1.57 bits per heavy atom. The highest BCUT2D eigenvalue weighted by molar-refractivity contribution is 7.73. The molecule has 0 unspecified atom stereocenters. The zero-order valence-electron chi connectivity index (χ0n) is 11.0. The molecule has 0 atom stereocenters. The van der Waals surface area contributed by atoms with E-state index in [0.717, 1.165) is 11.3 Å². The number of carbonyl (C=O) groups is 1. The summed E-state index contributed by atoms with van der Waals surface area (Å²) >= 11 is 6.49. The van der Waals surface area contributed by atoms with Crippen LogP contribution in [-0.2, 0) is 4.74 Å². The Labute approximate surface area is 130 Å². The van der Waals surface area contributed by atoms with Crippen LogP contribution in [0, 0.1) is 9.36 Å². The van der Waals surface area contributed by atoms with Gasteiger partial charge in [0.25, 0.3) is 0 Å². The molecule has 21 heavy (non-hydrogen) atoms. The number of thiazole rings is 1. The first kappa shape index (κ1) is 15.1. The van der Waals surface area contributed by atoms with Gasteiger partial charge in [0.05, 0.1) is 5.69 Å². The van der Waals surface area contributed by atoms with Crippen LogP contribution in [0.25, 0.3) is 11.3 Å². The lowest BCUT2D eigenvalue weighted by molar-refractivity contribution is 0.164. The number of ether oxygens (including phenoxy) is 1. The van der Waals surface area contributed by atoms with Gasteiger partial charge >= 0.3 is 6.09 Å².